The molecule has 0 bridgehead atoms. The zero-order valence-corrected chi connectivity index (χ0v) is 17.3. The fourth-order valence-electron chi connectivity index (χ4n) is 3.99. The summed E-state index contributed by atoms with van der Waals surface area (Å²) in [5.41, 5.74) is 1.89. The first-order chi connectivity index (χ1) is 14.8. The van der Waals surface area contributed by atoms with Gasteiger partial charge in [-0.05, 0) is 12.5 Å². The van der Waals surface area contributed by atoms with Crippen LogP contribution in [0.2, 0.25) is 0 Å². The van der Waals surface area contributed by atoms with Gasteiger partial charge >= 0.3 is 6.18 Å². The Kier molecular flexibility index (Phi) is 6.19. The van der Waals surface area contributed by atoms with Crippen LogP contribution in [0.5, 0.6) is 0 Å². The Morgan fingerprint density at radius 1 is 1.26 bits per heavy atom. The Morgan fingerprint density at radius 2 is 1.97 bits per heavy atom. The van der Waals surface area contributed by atoms with Crippen LogP contribution in [0.15, 0.2) is 30.5 Å². The van der Waals surface area contributed by atoms with Crippen LogP contribution in [-0.4, -0.2) is 66.2 Å². The molecule has 1 aromatic carbocycles. The zero-order chi connectivity index (χ0) is 22.0. The highest BCUT2D eigenvalue weighted by Crippen LogP contribution is 2.44. The first kappa shape index (κ1) is 21.6. The van der Waals surface area contributed by atoms with Crippen LogP contribution in [0.25, 0.3) is 0 Å². The van der Waals surface area contributed by atoms with Crippen molar-refractivity contribution in [2.75, 3.05) is 44.7 Å². The number of morpholine rings is 1. The average Bonchev–Trinajstić information content (AvgIpc) is 3.17. The van der Waals surface area contributed by atoms with Crippen LogP contribution in [0.3, 0.4) is 0 Å². The maximum absolute atomic E-state index is 13.8. The van der Waals surface area contributed by atoms with Gasteiger partial charge in [0.1, 0.15) is 11.4 Å². The van der Waals surface area contributed by atoms with Crippen molar-refractivity contribution in [3.8, 4) is 0 Å². The summed E-state index contributed by atoms with van der Waals surface area (Å²) in [6, 6.07) is 4.99. The lowest BCUT2D eigenvalue weighted by atomic mass is 9.96. The Bertz CT molecular complexity index is 907. The number of carbonyl (C=O) groups is 1. The van der Waals surface area contributed by atoms with E-state index < -0.39 is 24.2 Å². The molecule has 1 saturated heterocycles. The van der Waals surface area contributed by atoms with Crippen molar-refractivity contribution in [2.45, 2.75) is 31.6 Å². The van der Waals surface area contributed by atoms with E-state index in [9.17, 15) is 18.0 Å². The number of fused-ring (bicyclic) bond motifs is 1. The lowest BCUT2D eigenvalue weighted by Crippen LogP contribution is -2.41. The van der Waals surface area contributed by atoms with Gasteiger partial charge in [-0.25, -0.2) is 4.68 Å². The van der Waals surface area contributed by atoms with Crippen molar-refractivity contribution in [1.82, 2.24) is 20.0 Å². The van der Waals surface area contributed by atoms with E-state index in [1.807, 2.05) is 31.2 Å². The molecular weight excluding hydrogens is 411 g/mol. The number of amides is 1. The van der Waals surface area contributed by atoms with Crippen molar-refractivity contribution in [3.05, 3.63) is 47.2 Å². The Hall–Kier alpha value is -2.59. The fraction of sp³-hybridized carbons (Fsp3) is 0.524. The first-order valence-electron chi connectivity index (χ1n) is 10.4. The molecule has 3 heterocycles. The molecule has 0 unspecified atom stereocenters. The normalized spacial score (nSPS) is 21.9. The van der Waals surface area contributed by atoms with Crippen LogP contribution in [-0.2, 0) is 4.74 Å². The van der Waals surface area contributed by atoms with Gasteiger partial charge in [0.25, 0.3) is 5.91 Å². The molecule has 1 fully saturated rings. The van der Waals surface area contributed by atoms with E-state index in [0.717, 1.165) is 28.9 Å². The third kappa shape index (κ3) is 4.85. The minimum absolute atomic E-state index is 0.100. The monoisotopic (exact) mass is 437 g/mol. The third-order valence-corrected chi connectivity index (χ3v) is 5.78. The van der Waals surface area contributed by atoms with Gasteiger partial charge in [0.2, 0.25) is 0 Å². The van der Waals surface area contributed by atoms with E-state index in [-0.39, 0.29) is 17.8 Å². The summed E-state index contributed by atoms with van der Waals surface area (Å²) in [5, 5.41) is 9.83. The average molecular weight is 437 g/mol. The van der Waals surface area contributed by atoms with Crippen molar-refractivity contribution in [1.29, 1.82) is 0 Å². The molecule has 1 aromatic heterocycles. The summed E-state index contributed by atoms with van der Waals surface area (Å²) < 4.78 is 47.6. The number of ether oxygens (including phenoxy) is 1. The number of aryl methyl sites for hydroxylation is 1. The first-order valence-corrected chi connectivity index (χ1v) is 10.4. The number of nitrogens with one attached hydrogen (secondary N) is 2. The van der Waals surface area contributed by atoms with E-state index >= 15 is 0 Å². The number of nitrogens with zero attached hydrogens (tertiary/aromatic N) is 3. The molecule has 2 N–H and O–H groups in total. The molecular formula is C21H26F3N5O2. The quantitative estimate of drug-likeness (QED) is 0.753. The lowest BCUT2D eigenvalue weighted by Gasteiger charge is -2.34. The topological polar surface area (TPSA) is 71.4 Å². The zero-order valence-electron chi connectivity index (χ0n) is 17.3. The predicted octanol–water partition coefficient (Wildman–Crippen LogP) is 2.91. The van der Waals surface area contributed by atoms with Gasteiger partial charge in [-0.15, -0.1) is 0 Å². The summed E-state index contributed by atoms with van der Waals surface area (Å²) >= 11 is 0. The van der Waals surface area contributed by atoms with Gasteiger partial charge in [-0.1, -0.05) is 29.8 Å². The van der Waals surface area contributed by atoms with Crippen molar-refractivity contribution in [3.63, 3.8) is 0 Å². The molecule has 0 spiro atoms. The molecule has 2 aromatic rings. The number of aromatic nitrogens is 2. The smallest absolute Gasteiger partial charge is 0.379 e. The van der Waals surface area contributed by atoms with Gasteiger partial charge in [0.15, 0.2) is 6.04 Å². The highest BCUT2D eigenvalue weighted by molar-refractivity contribution is 5.98. The van der Waals surface area contributed by atoms with E-state index in [0.29, 0.717) is 26.3 Å². The summed E-state index contributed by atoms with van der Waals surface area (Å²) in [5.74, 6) is -0.337. The largest absolute Gasteiger partial charge is 0.410 e. The van der Waals surface area contributed by atoms with Gasteiger partial charge in [0, 0.05) is 32.6 Å². The summed E-state index contributed by atoms with van der Waals surface area (Å²) in [4.78, 5) is 14.9. The molecule has 0 radical (unpaired) electrons. The number of benzene rings is 1. The number of halogens is 3. The molecule has 2 atom stereocenters. The third-order valence-electron chi connectivity index (χ3n) is 5.78. The lowest BCUT2D eigenvalue weighted by molar-refractivity contribution is -0.173. The second-order valence-corrected chi connectivity index (χ2v) is 7.96. The van der Waals surface area contributed by atoms with E-state index in [1.54, 1.807) is 0 Å². The second-order valence-electron chi connectivity index (χ2n) is 7.96. The highest BCUT2D eigenvalue weighted by atomic mass is 19.4. The SMILES string of the molecule is Cc1ccc([C@@H]2C[C@H](C(F)(F)F)n3ncc(C(=O)NCCN4CCOCC4)c3N2)cc1. The maximum Gasteiger partial charge on any atom is 0.410 e. The molecule has 7 nitrogen and oxygen atoms in total. The number of rotatable bonds is 5. The Labute approximate surface area is 178 Å². The van der Waals surface area contributed by atoms with Crippen LogP contribution in [0.1, 0.15) is 40.0 Å². The van der Waals surface area contributed by atoms with Crippen LogP contribution < -0.4 is 10.6 Å². The van der Waals surface area contributed by atoms with E-state index in [1.165, 1.54) is 6.20 Å². The maximum atomic E-state index is 13.8. The van der Waals surface area contributed by atoms with Gasteiger partial charge in [0.05, 0.1) is 25.5 Å². The van der Waals surface area contributed by atoms with Crippen molar-refractivity contribution >= 4 is 11.7 Å². The highest BCUT2D eigenvalue weighted by Gasteiger charge is 2.47. The predicted molar refractivity (Wildman–Crippen MR) is 109 cm³/mol. The molecule has 168 valence electrons. The standard InChI is InChI=1S/C21H26F3N5O2/c1-14-2-4-15(5-3-14)17-12-18(21(22,23)24)29-19(27-17)16(13-26-29)20(30)25-6-7-28-8-10-31-11-9-28/h2-5,13,17-18,27H,6-12H2,1H3,(H,25,30)/t17-,18+/m0/s1. The molecule has 2 aliphatic rings. The summed E-state index contributed by atoms with van der Waals surface area (Å²) in [7, 11) is 0. The van der Waals surface area contributed by atoms with Crippen molar-refractivity contribution < 1.29 is 22.7 Å². The molecule has 4 rings (SSSR count). The Morgan fingerprint density at radius 3 is 2.65 bits per heavy atom. The van der Waals surface area contributed by atoms with Gasteiger partial charge < -0.3 is 15.4 Å². The van der Waals surface area contributed by atoms with Gasteiger partial charge in [-0.3, -0.25) is 9.69 Å². The van der Waals surface area contributed by atoms with Crippen LogP contribution in [0, 0.1) is 6.92 Å². The molecule has 1 amide bonds. The van der Waals surface area contributed by atoms with Crippen LogP contribution >= 0.6 is 0 Å². The van der Waals surface area contributed by atoms with Crippen molar-refractivity contribution in [2.24, 2.45) is 0 Å². The van der Waals surface area contributed by atoms with E-state index in [4.69, 9.17) is 4.74 Å². The summed E-state index contributed by atoms with van der Waals surface area (Å²) in [6.07, 6.45) is -3.46. The van der Waals surface area contributed by atoms with E-state index in [2.05, 4.69) is 20.6 Å². The molecule has 0 aliphatic carbocycles. The number of hydrogen-bond donors (Lipinski definition) is 2. The minimum atomic E-state index is -4.48. The number of hydrogen-bond acceptors (Lipinski definition) is 5. The molecule has 2 aliphatic heterocycles. The molecule has 10 heteroatoms. The number of alkyl halides is 3. The second kappa shape index (κ2) is 8.88. The molecule has 31 heavy (non-hydrogen) atoms. The fourth-order valence-corrected chi connectivity index (χ4v) is 3.99. The Balaban J connectivity index is 1.51. The van der Waals surface area contributed by atoms with Crippen LogP contribution in [0.4, 0.5) is 19.0 Å². The van der Waals surface area contributed by atoms with Gasteiger partial charge in [-0.2, -0.15) is 18.3 Å². The number of anilines is 1. The molecule has 0 saturated carbocycles. The minimum Gasteiger partial charge on any atom is -0.379 e. The summed E-state index contributed by atoms with van der Waals surface area (Å²) in [6.45, 7) is 5.89. The number of carbonyl (C=O) groups excluding carboxylic acids is 1.